The zero-order valence-electron chi connectivity index (χ0n) is 21.6. The topological polar surface area (TPSA) is 181 Å². The number of aromatic nitrogens is 8. The van der Waals surface area contributed by atoms with E-state index in [2.05, 4.69) is 30.1 Å². The van der Waals surface area contributed by atoms with Gasteiger partial charge in [0.2, 0.25) is 0 Å². The fraction of sp³-hybridized carbons (Fsp3) is 0.130. The van der Waals surface area contributed by atoms with Gasteiger partial charge in [0.15, 0.2) is 11.6 Å². The molecule has 18 heteroatoms. The quantitative estimate of drug-likeness (QED) is 0.136. The van der Waals surface area contributed by atoms with E-state index in [9.17, 15) is 9.59 Å². The zero-order valence-corrected chi connectivity index (χ0v) is 24.6. The molecule has 4 aromatic rings. The van der Waals surface area contributed by atoms with E-state index in [1.54, 1.807) is 38.1 Å². The number of esters is 1. The standard InChI is InChI=1S/C13H12Cl2N4O2.C10H6Cl2N4O2.Li.H2O/c1-8(2)21-12(20)3-4-19-7-16-13(18-19)9-5-10(14)17-11(15)6-9;11-7-3-6(4-8(12)14-7)10-13-5-16(15-10)2-1-9(17)18;;/h3-8H,1-2H3;1-5H,(H,17,18);;1H2/q;;+1;/p-1/b4-3-;2-1-;;. The molecule has 13 nitrogen and oxygen atoms in total. The first-order valence-electron chi connectivity index (χ1n) is 10.8. The van der Waals surface area contributed by atoms with Gasteiger partial charge in [-0.25, -0.2) is 38.9 Å². The number of carboxylic acid groups (broad SMARTS) is 1. The third-order valence-corrected chi connectivity index (χ3v) is 4.92. The normalized spacial score (nSPS) is 10.6. The summed E-state index contributed by atoms with van der Waals surface area (Å²) in [6.07, 6.45) is 7.59. The fourth-order valence-corrected chi connectivity index (χ4v) is 3.62. The van der Waals surface area contributed by atoms with Gasteiger partial charge in [-0.3, -0.25) is 0 Å². The predicted molar refractivity (Wildman–Crippen MR) is 148 cm³/mol. The number of ether oxygens (including phenoxy) is 1. The van der Waals surface area contributed by atoms with Crippen LogP contribution in [-0.4, -0.2) is 68.1 Å². The van der Waals surface area contributed by atoms with Crippen molar-refractivity contribution in [1.29, 1.82) is 0 Å². The summed E-state index contributed by atoms with van der Waals surface area (Å²) < 4.78 is 7.62. The molecule has 4 heterocycles. The van der Waals surface area contributed by atoms with Gasteiger partial charge < -0.3 is 15.3 Å². The number of carbonyl (C=O) groups excluding carboxylic acids is 1. The summed E-state index contributed by atoms with van der Waals surface area (Å²) in [5, 5.41) is 17.7. The Kier molecular flexibility index (Phi) is 14.7. The molecule has 0 aromatic carbocycles. The second kappa shape index (κ2) is 16.9. The summed E-state index contributed by atoms with van der Waals surface area (Å²) >= 11 is 23.2. The van der Waals surface area contributed by atoms with E-state index in [1.807, 2.05) is 0 Å². The van der Waals surface area contributed by atoms with Crippen LogP contribution in [-0.2, 0) is 14.3 Å². The van der Waals surface area contributed by atoms with E-state index < -0.39 is 11.9 Å². The molecule has 0 aliphatic carbocycles. The largest absolute Gasteiger partial charge is 1.00 e. The number of aliphatic carboxylic acids is 1. The maximum Gasteiger partial charge on any atom is 1.00 e. The second-order valence-electron chi connectivity index (χ2n) is 7.55. The van der Waals surface area contributed by atoms with Gasteiger partial charge >= 0.3 is 30.8 Å². The monoisotopic (exact) mass is 634 g/mol. The first-order valence-corrected chi connectivity index (χ1v) is 12.3. The Balaban J connectivity index is 0.000000395. The molecule has 210 valence electrons. The average Bonchev–Trinajstić information content (AvgIpc) is 3.50. The second-order valence-corrected chi connectivity index (χ2v) is 9.10. The van der Waals surface area contributed by atoms with Crippen molar-refractivity contribution in [3.63, 3.8) is 0 Å². The number of rotatable bonds is 7. The van der Waals surface area contributed by atoms with Gasteiger partial charge in [0.1, 0.15) is 33.3 Å². The summed E-state index contributed by atoms with van der Waals surface area (Å²) in [5.41, 5.74) is 1.24. The Morgan fingerprint density at radius 2 is 1.20 bits per heavy atom. The third-order valence-electron chi connectivity index (χ3n) is 4.14. The van der Waals surface area contributed by atoms with E-state index in [0.29, 0.717) is 22.8 Å². The van der Waals surface area contributed by atoms with Crippen LogP contribution in [0.3, 0.4) is 0 Å². The van der Waals surface area contributed by atoms with Gasteiger partial charge in [-0.2, -0.15) is 0 Å². The molecule has 0 radical (unpaired) electrons. The Bertz CT molecular complexity index is 1500. The third kappa shape index (κ3) is 12.0. The molecule has 0 bridgehead atoms. The Hall–Kier alpha value is -3.28. The van der Waals surface area contributed by atoms with Crippen LogP contribution in [0.5, 0.6) is 0 Å². The van der Waals surface area contributed by atoms with E-state index in [-0.39, 0.29) is 51.1 Å². The van der Waals surface area contributed by atoms with Crippen molar-refractivity contribution in [2.45, 2.75) is 20.0 Å². The first kappa shape index (κ1) is 35.7. The van der Waals surface area contributed by atoms with Gasteiger partial charge in [0, 0.05) is 35.7 Å². The molecule has 0 unspecified atom stereocenters. The maximum atomic E-state index is 11.4. The molecular weight excluding hydrogens is 617 g/mol. The van der Waals surface area contributed by atoms with E-state index in [1.165, 1.54) is 40.5 Å². The van der Waals surface area contributed by atoms with Crippen LogP contribution in [0.1, 0.15) is 13.8 Å². The molecule has 0 spiro atoms. The summed E-state index contributed by atoms with van der Waals surface area (Å²) in [6, 6.07) is 6.33. The minimum atomic E-state index is -1.07. The summed E-state index contributed by atoms with van der Waals surface area (Å²) in [6.45, 7) is 3.55. The number of hydrogen-bond acceptors (Lipinski definition) is 10. The number of carbonyl (C=O) groups is 2. The zero-order chi connectivity index (χ0) is 28.5. The van der Waals surface area contributed by atoms with Gasteiger partial charge in [-0.05, 0) is 38.1 Å². The van der Waals surface area contributed by atoms with Crippen LogP contribution in [0.25, 0.3) is 35.2 Å². The van der Waals surface area contributed by atoms with Crippen molar-refractivity contribution in [1.82, 2.24) is 39.5 Å². The number of nitrogens with zero attached hydrogens (tertiary/aromatic N) is 8. The van der Waals surface area contributed by atoms with Crippen LogP contribution in [0, 0.1) is 0 Å². The van der Waals surface area contributed by atoms with E-state index in [0.717, 1.165) is 6.08 Å². The van der Waals surface area contributed by atoms with Crippen LogP contribution >= 0.6 is 46.4 Å². The molecule has 41 heavy (non-hydrogen) atoms. The Labute approximate surface area is 265 Å². The molecule has 0 saturated carbocycles. The Morgan fingerprint density at radius 1 is 0.805 bits per heavy atom. The van der Waals surface area contributed by atoms with E-state index in [4.69, 9.17) is 56.2 Å². The van der Waals surface area contributed by atoms with Crippen molar-refractivity contribution in [3.05, 3.63) is 69.7 Å². The maximum absolute atomic E-state index is 11.4. The van der Waals surface area contributed by atoms with Crippen molar-refractivity contribution in [2.75, 3.05) is 0 Å². The molecule has 0 atom stereocenters. The van der Waals surface area contributed by atoms with Gasteiger partial charge in [-0.1, -0.05) is 46.4 Å². The predicted octanol–water partition coefficient (Wildman–Crippen LogP) is 2.10. The molecule has 4 aromatic heterocycles. The number of carboxylic acids is 1. The van der Waals surface area contributed by atoms with Crippen molar-refractivity contribution in [3.8, 4) is 22.8 Å². The van der Waals surface area contributed by atoms with Gasteiger partial charge in [0.05, 0.1) is 6.10 Å². The molecule has 0 amide bonds. The van der Waals surface area contributed by atoms with Crippen molar-refractivity contribution >= 4 is 70.7 Å². The van der Waals surface area contributed by atoms with Crippen molar-refractivity contribution < 1.29 is 43.8 Å². The first-order chi connectivity index (χ1) is 18.5. The van der Waals surface area contributed by atoms with Gasteiger partial charge in [0.25, 0.3) is 0 Å². The number of pyridine rings is 2. The fourth-order valence-electron chi connectivity index (χ4n) is 2.69. The molecular formula is C23H19Cl4LiN8O5. The molecule has 0 fully saturated rings. The minimum absolute atomic E-state index is 0. The SMILES string of the molecule is CC(C)OC(=O)/C=C\n1cnc(-c2cc(Cl)nc(Cl)c2)n1.O=C(O)/C=C\n1cnc(-c2cc(Cl)nc(Cl)c2)n1.[Li+].[OH-]. The smallest absolute Gasteiger partial charge is 0.870 e. The van der Waals surface area contributed by atoms with Crippen molar-refractivity contribution in [2.24, 2.45) is 0 Å². The van der Waals surface area contributed by atoms with Crippen LogP contribution in [0.15, 0.2) is 49.1 Å². The van der Waals surface area contributed by atoms with E-state index >= 15 is 0 Å². The average molecular weight is 636 g/mol. The van der Waals surface area contributed by atoms with Crippen LogP contribution < -0.4 is 18.9 Å². The molecule has 0 aliphatic rings. The number of halogens is 4. The summed E-state index contributed by atoms with van der Waals surface area (Å²) in [4.78, 5) is 37.5. The molecule has 2 N–H and O–H groups in total. The Morgan fingerprint density at radius 3 is 1.56 bits per heavy atom. The van der Waals surface area contributed by atoms with Crippen LogP contribution in [0.4, 0.5) is 0 Å². The summed E-state index contributed by atoms with van der Waals surface area (Å²) in [5.74, 6) is -0.724. The molecule has 4 rings (SSSR count). The summed E-state index contributed by atoms with van der Waals surface area (Å²) in [7, 11) is 0. The number of hydrogen-bond donors (Lipinski definition) is 1. The minimum Gasteiger partial charge on any atom is -0.870 e. The van der Waals surface area contributed by atoms with Gasteiger partial charge in [-0.15, -0.1) is 10.2 Å². The molecule has 0 saturated heterocycles. The van der Waals surface area contributed by atoms with Crippen LogP contribution in [0.2, 0.25) is 20.6 Å². The molecule has 0 aliphatic heterocycles.